The Bertz CT molecular complexity index is 1050. The van der Waals surface area contributed by atoms with E-state index in [1.54, 1.807) is 0 Å². The number of nitrogens with one attached hydrogen (secondary N) is 2. The van der Waals surface area contributed by atoms with Crippen LogP contribution in [0.4, 0.5) is 11.8 Å². The fourth-order valence-corrected chi connectivity index (χ4v) is 5.44. The van der Waals surface area contributed by atoms with Crippen molar-refractivity contribution in [1.82, 2.24) is 19.5 Å². The maximum absolute atomic E-state index is 6.09. The number of fused-ring (bicyclic) bond motifs is 1. The molecule has 0 atom stereocenters. The molecule has 2 aliphatic carbocycles. The van der Waals surface area contributed by atoms with Gasteiger partial charge in [-0.1, -0.05) is 25.0 Å². The van der Waals surface area contributed by atoms with Crippen LogP contribution in [0.3, 0.4) is 0 Å². The first kappa shape index (κ1) is 26.2. The van der Waals surface area contributed by atoms with Crippen LogP contribution in [0.15, 0.2) is 30.6 Å². The van der Waals surface area contributed by atoms with Crippen molar-refractivity contribution < 1.29 is 0 Å². The van der Waals surface area contributed by atoms with E-state index >= 15 is 0 Å². The zero-order chi connectivity index (χ0) is 21.2. The average molecular weight is 604 g/mol. The van der Waals surface area contributed by atoms with Crippen LogP contribution in [0.5, 0.6) is 0 Å². The number of hydrogen-bond donors (Lipinski definition) is 3. The van der Waals surface area contributed by atoms with Crippen LogP contribution >= 0.6 is 47.4 Å². The highest BCUT2D eigenvalue weighted by Gasteiger charge is 2.23. The highest BCUT2D eigenvalue weighted by Crippen LogP contribution is 2.33. The smallest absolute Gasteiger partial charge is 0.227 e. The molecule has 2 aliphatic rings. The van der Waals surface area contributed by atoms with Gasteiger partial charge >= 0.3 is 0 Å². The van der Waals surface area contributed by atoms with Gasteiger partial charge in [-0.25, -0.2) is 4.98 Å². The van der Waals surface area contributed by atoms with Gasteiger partial charge in [0.15, 0.2) is 17.0 Å². The molecule has 5 rings (SSSR count). The summed E-state index contributed by atoms with van der Waals surface area (Å²) in [5, 5.41) is 7.12. The minimum Gasteiger partial charge on any atom is -0.364 e. The predicted molar refractivity (Wildman–Crippen MR) is 148 cm³/mol. The molecule has 180 valence electrons. The van der Waals surface area contributed by atoms with E-state index in [-0.39, 0.29) is 24.8 Å². The third-order valence-electron chi connectivity index (χ3n) is 6.59. The summed E-state index contributed by atoms with van der Waals surface area (Å²) in [6, 6.07) is 9.71. The third kappa shape index (κ3) is 6.21. The van der Waals surface area contributed by atoms with Crippen LogP contribution in [0.25, 0.3) is 11.2 Å². The molecule has 2 aromatic heterocycles. The highest BCUT2D eigenvalue weighted by molar-refractivity contribution is 14.1. The second-order valence-corrected chi connectivity index (χ2v) is 10.1. The molecule has 0 unspecified atom stereocenters. The Kier molecular flexibility index (Phi) is 9.43. The summed E-state index contributed by atoms with van der Waals surface area (Å²) in [5.41, 5.74) is 9.10. The Morgan fingerprint density at radius 2 is 1.79 bits per heavy atom. The monoisotopic (exact) mass is 603 g/mol. The lowest BCUT2D eigenvalue weighted by molar-refractivity contribution is 0.410. The van der Waals surface area contributed by atoms with Crippen LogP contribution in [-0.4, -0.2) is 31.6 Å². The van der Waals surface area contributed by atoms with Gasteiger partial charge in [-0.05, 0) is 78.8 Å². The highest BCUT2D eigenvalue weighted by atomic mass is 127. The zero-order valence-electron chi connectivity index (χ0n) is 18.5. The first-order valence-electron chi connectivity index (χ1n) is 11.4. The van der Waals surface area contributed by atoms with Gasteiger partial charge in [0.1, 0.15) is 0 Å². The van der Waals surface area contributed by atoms with Crippen molar-refractivity contribution in [3.63, 3.8) is 0 Å². The number of hydrogen-bond acceptors (Lipinski definition) is 6. The Hall–Kier alpha value is -1.36. The van der Waals surface area contributed by atoms with E-state index in [1.165, 1.54) is 34.8 Å². The lowest BCUT2D eigenvalue weighted by Gasteiger charge is -2.27. The van der Waals surface area contributed by atoms with Gasteiger partial charge in [-0.3, -0.25) is 0 Å². The van der Waals surface area contributed by atoms with Crippen molar-refractivity contribution in [3.05, 3.63) is 39.7 Å². The van der Waals surface area contributed by atoms with Crippen molar-refractivity contribution in [1.29, 1.82) is 0 Å². The summed E-state index contributed by atoms with van der Waals surface area (Å²) in [6.45, 7) is 0.705. The summed E-state index contributed by atoms with van der Waals surface area (Å²) >= 11 is 2.35. The van der Waals surface area contributed by atoms with Crippen LogP contribution in [0.2, 0.25) is 0 Å². The first-order valence-corrected chi connectivity index (χ1v) is 12.5. The molecule has 3 aromatic rings. The second-order valence-electron chi connectivity index (χ2n) is 8.90. The summed E-state index contributed by atoms with van der Waals surface area (Å²) in [4.78, 5) is 14.5. The van der Waals surface area contributed by atoms with E-state index in [2.05, 4.69) is 62.1 Å². The number of rotatable bonds is 6. The molecule has 4 N–H and O–H groups in total. The number of imidazole rings is 1. The maximum atomic E-state index is 6.09. The van der Waals surface area contributed by atoms with Crippen molar-refractivity contribution in [2.24, 2.45) is 5.73 Å². The van der Waals surface area contributed by atoms with E-state index in [1.807, 2.05) is 6.33 Å². The van der Waals surface area contributed by atoms with Crippen LogP contribution in [0.1, 0.15) is 63.0 Å². The number of halogens is 3. The molecule has 33 heavy (non-hydrogen) atoms. The molecule has 2 heterocycles. The van der Waals surface area contributed by atoms with E-state index in [0.717, 1.165) is 42.7 Å². The topological polar surface area (TPSA) is 93.7 Å². The third-order valence-corrected chi connectivity index (χ3v) is 7.26. The number of nitrogens with two attached hydrogens (primary N) is 1. The minimum absolute atomic E-state index is 0. The molecular formula is C23H32Cl2IN7. The molecule has 0 bridgehead atoms. The Morgan fingerprint density at radius 1 is 1.03 bits per heavy atom. The van der Waals surface area contributed by atoms with Gasteiger partial charge in [0.25, 0.3) is 0 Å². The normalized spacial score (nSPS) is 20.8. The molecule has 2 saturated carbocycles. The standard InChI is InChI=1S/C23H30IN7.2ClH/c24-16-5-3-4-15(12-16)13-26-21-20-22(31(14-27-20)19-6-1-2-7-19)30-23(29-21)28-18-10-8-17(25)9-11-18;;/h3-5,12,14,17-19H,1-2,6-11,13,25H2,(H2,26,28,29,30);2*1H. The number of anilines is 2. The fraction of sp³-hybridized carbons (Fsp3) is 0.522. The average Bonchev–Trinajstić information content (AvgIpc) is 3.43. The zero-order valence-corrected chi connectivity index (χ0v) is 22.3. The maximum Gasteiger partial charge on any atom is 0.227 e. The van der Waals surface area contributed by atoms with Crippen molar-refractivity contribution in [2.45, 2.75) is 76.0 Å². The van der Waals surface area contributed by atoms with Crippen molar-refractivity contribution >= 4 is 70.3 Å². The van der Waals surface area contributed by atoms with Gasteiger partial charge in [-0.15, -0.1) is 24.8 Å². The lowest BCUT2D eigenvalue weighted by atomic mass is 9.92. The molecule has 0 spiro atoms. The Morgan fingerprint density at radius 3 is 2.52 bits per heavy atom. The minimum atomic E-state index is 0. The number of benzene rings is 1. The summed E-state index contributed by atoms with van der Waals surface area (Å²) in [5.74, 6) is 1.49. The molecule has 10 heteroatoms. The molecule has 7 nitrogen and oxygen atoms in total. The van der Waals surface area contributed by atoms with Gasteiger partial charge in [0, 0.05) is 28.2 Å². The number of nitrogens with zero attached hydrogens (tertiary/aromatic N) is 4. The fourth-order valence-electron chi connectivity index (χ4n) is 4.83. The predicted octanol–water partition coefficient (Wildman–Crippen LogP) is 5.68. The van der Waals surface area contributed by atoms with Crippen LogP contribution in [0, 0.1) is 3.57 Å². The summed E-state index contributed by atoms with van der Waals surface area (Å²) in [6.07, 6.45) is 11.1. The van der Waals surface area contributed by atoms with E-state index < -0.39 is 0 Å². The molecule has 1 aromatic carbocycles. The van der Waals surface area contributed by atoms with Gasteiger partial charge in [0.2, 0.25) is 5.95 Å². The molecule has 2 fully saturated rings. The lowest BCUT2D eigenvalue weighted by Crippen LogP contribution is -2.33. The second kappa shape index (κ2) is 11.9. The van der Waals surface area contributed by atoms with Crippen LogP contribution < -0.4 is 16.4 Å². The molecule has 0 radical (unpaired) electrons. The largest absolute Gasteiger partial charge is 0.364 e. The van der Waals surface area contributed by atoms with Crippen molar-refractivity contribution in [2.75, 3.05) is 10.6 Å². The Balaban J connectivity index is 0.00000153. The van der Waals surface area contributed by atoms with Crippen molar-refractivity contribution in [3.8, 4) is 0 Å². The molecule has 0 amide bonds. The molecule has 0 saturated heterocycles. The van der Waals surface area contributed by atoms with E-state index in [0.29, 0.717) is 30.6 Å². The molecule has 0 aliphatic heterocycles. The van der Waals surface area contributed by atoms with Gasteiger partial charge < -0.3 is 20.9 Å². The quantitative estimate of drug-likeness (QED) is 0.314. The first-order chi connectivity index (χ1) is 15.2. The van der Waals surface area contributed by atoms with Gasteiger partial charge in [-0.2, -0.15) is 9.97 Å². The number of aromatic nitrogens is 4. The van der Waals surface area contributed by atoms with Gasteiger partial charge in [0.05, 0.1) is 6.33 Å². The van der Waals surface area contributed by atoms with Crippen LogP contribution in [-0.2, 0) is 6.54 Å². The SMILES string of the molecule is Cl.Cl.NC1CCC(Nc2nc(NCc3cccc(I)c3)c3ncn(C4CCCC4)c3n2)CC1. The van der Waals surface area contributed by atoms with E-state index in [4.69, 9.17) is 20.7 Å². The molecular weight excluding hydrogens is 572 g/mol. The summed E-state index contributed by atoms with van der Waals surface area (Å²) in [7, 11) is 0. The summed E-state index contributed by atoms with van der Waals surface area (Å²) < 4.78 is 3.50. The Labute approximate surface area is 221 Å². The van der Waals surface area contributed by atoms with E-state index in [9.17, 15) is 0 Å².